The summed E-state index contributed by atoms with van der Waals surface area (Å²) >= 11 is 0. The maximum Gasteiger partial charge on any atom is 0.344 e. The van der Waals surface area contributed by atoms with Gasteiger partial charge in [0, 0.05) is 7.05 Å². The van der Waals surface area contributed by atoms with Gasteiger partial charge in [0.15, 0.2) is 13.2 Å². The molecule has 7 heteroatoms. The van der Waals surface area contributed by atoms with Gasteiger partial charge in [0.05, 0.1) is 17.1 Å². The average Bonchev–Trinajstić information content (AvgIpc) is 2.79. The summed E-state index contributed by atoms with van der Waals surface area (Å²) in [6.07, 6.45) is 0. The predicted molar refractivity (Wildman–Crippen MR) is 93.7 cm³/mol. The van der Waals surface area contributed by atoms with Crippen molar-refractivity contribution >= 4 is 17.6 Å². The van der Waals surface area contributed by atoms with Crippen LogP contribution in [0.25, 0.3) is 0 Å². The monoisotopic (exact) mass is 345 g/mol. The van der Waals surface area contributed by atoms with Gasteiger partial charge in [-0.05, 0) is 38.8 Å². The van der Waals surface area contributed by atoms with E-state index in [1.165, 1.54) is 0 Å². The number of aryl methyl sites for hydroxylation is 4. The molecule has 0 aliphatic carbocycles. The molecule has 1 aromatic heterocycles. The quantitative estimate of drug-likeness (QED) is 0.812. The number of hydrogen-bond donors (Lipinski definition) is 1. The summed E-state index contributed by atoms with van der Waals surface area (Å²) < 4.78 is 12.1. The molecule has 1 aromatic carbocycles. The molecule has 7 nitrogen and oxygen atoms in total. The number of hydrogen-bond acceptors (Lipinski definition) is 5. The molecule has 134 valence electrons. The molecule has 1 heterocycles. The van der Waals surface area contributed by atoms with Crippen LogP contribution < -0.4 is 10.1 Å². The van der Waals surface area contributed by atoms with Gasteiger partial charge in [-0.25, -0.2) is 4.79 Å². The lowest BCUT2D eigenvalue weighted by Crippen LogP contribution is -2.24. The Morgan fingerprint density at radius 1 is 1.12 bits per heavy atom. The second-order valence-electron chi connectivity index (χ2n) is 5.89. The van der Waals surface area contributed by atoms with E-state index in [1.54, 1.807) is 18.7 Å². The van der Waals surface area contributed by atoms with E-state index in [9.17, 15) is 9.59 Å². The van der Waals surface area contributed by atoms with E-state index in [0.717, 1.165) is 16.8 Å². The van der Waals surface area contributed by atoms with Crippen molar-refractivity contribution in [2.24, 2.45) is 7.05 Å². The SMILES string of the molecule is Cc1cccc(C)c1OCC(=O)OCC(=O)Nc1c(C)nn(C)c1C. The lowest BCUT2D eigenvalue weighted by atomic mass is 10.1. The number of nitrogens with zero attached hydrogens (tertiary/aromatic N) is 2. The Labute approximate surface area is 146 Å². The number of carbonyl (C=O) groups excluding carboxylic acids is 2. The van der Waals surface area contributed by atoms with Gasteiger partial charge in [-0.3, -0.25) is 9.48 Å². The maximum atomic E-state index is 11.9. The van der Waals surface area contributed by atoms with Crippen molar-refractivity contribution in [1.29, 1.82) is 0 Å². The van der Waals surface area contributed by atoms with Gasteiger partial charge in [-0.15, -0.1) is 0 Å². The molecule has 0 radical (unpaired) electrons. The van der Waals surface area contributed by atoms with Crippen LogP contribution in [-0.4, -0.2) is 34.9 Å². The molecule has 0 unspecified atom stereocenters. The van der Waals surface area contributed by atoms with Gasteiger partial charge < -0.3 is 14.8 Å². The number of aromatic nitrogens is 2. The average molecular weight is 345 g/mol. The van der Waals surface area contributed by atoms with Crippen LogP contribution in [0.5, 0.6) is 5.75 Å². The summed E-state index contributed by atoms with van der Waals surface area (Å²) in [6, 6.07) is 5.72. The van der Waals surface area contributed by atoms with Crippen LogP contribution in [0.15, 0.2) is 18.2 Å². The second-order valence-corrected chi connectivity index (χ2v) is 5.89. The zero-order valence-electron chi connectivity index (χ0n) is 15.2. The third-order valence-corrected chi connectivity index (χ3v) is 3.88. The van der Waals surface area contributed by atoms with Crippen molar-refractivity contribution in [3.63, 3.8) is 0 Å². The third-order valence-electron chi connectivity index (χ3n) is 3.88. The Balaban J connectivity index is 1.82. The summed E-state index contributed by atoms with van der Waals surface area (Å²) in [7, 11) is 1.79. The Kier molecular flexibility index (Phi) is 5.80. The Morgan fingerprint density at radius 2 is 1.76 bits per heavy atom. The van der Waals surface area contributed by atoms with Crippen LogP contribution in [-0.2, 0) is 21.4 Å². The molecule has 1 amide bonds. The van der Waals surface area contributed by atoms with Crippen LogP contribution in [0, 0.1) is 27.7 Å². The van der Waals surface area contributed by atoms with Crippen molar-refractivity contribution in [3.8, 4) is 5.75 Å². The number of anilines is 1. The Bertz CT molecular complexity index is 776. The van der Waals surface area contributed by atoms with E-state index >= 15 is 0 Å². The van der Waals surface area contributed by atoms with Gasteiger partial charge in [0.1, 0.15) is 5.75 Å². The van der Waals surface area contributed by atoms with Gasteiger partial charge in [-0.2, -0.15) is 5.10 Å². The molecule has 2 rings (SSSR count). The largest absolute Gasteiger partial charge is 0.481 e. The molecule has 0 atom stereocenters. The molecule has 1 N–H and O–H groups in total. The zero-order chi connectivity index (χ0) is 18.6. The first-order chi connectivity index (χ1) is 11.8. The smallest absolute Gasteiger partial charge is 0.344 e. The van der Waals surface area contributed by atoms with Crippen LogP contribution in [0.1, 0.15) is 22.5 Å². The highest BCUT2D eigenvalue weighted by Gasteiger charge is 2.14. The number of para-hydroxylation sites is 1. The lowest BCUT2D eigenvalue weighted by Gasteiger charge is -2.11. The number of carbonyl (C=O) groups is 2. The first-order valence-corrected chi connectivity index (χ1v) is 7.94. The van der Waals surface area contributed by atoms with E-state index in [4.69, 9.17) is 9.47 Å². The van der Waals surface area contributed by atoms with Crippen molar-refractivity contribution in [3.05, 3.63) is 40.7 Å². The van der Waals surface area contributed by atoms with Crippen LogP contribution in [0.2, 0.25) is 0 Å². The molecule has 0 bridgehead atoms. The molecule has 0 saturated carbocycles. The molecule has 2 aromatic rings. The van der Waals surface area contributed by atoms with Gasteiger partial charge in [0.25, 0.3) is 5.91 Å². The molecular formula is C18H23N3O4. The maximum absolute atomic E-state index is 11.9. The minimum absolute atomic E-state index is 0.246. The van der Waals surface area contributed by atoms with Crippen molar-refractivity contribution in [2.45, 2.75) is 27.7 Å². The second kappa shape index (κ2) is 7.83. The van der Waals surface area contributed by atoms with E-state index in [-0.39, 0.29) is 13.2 Å². The summed E-state index contributed by atoms with van der Waals surface area (Å²) in [6.45, 7) is 6.83. The fraction of sp³-hybridized carbons (Fsp3) is 0.389. The summed E-state index contributed by atoms with van der Waals surface area (Å²) in [5.41, 5.74) is 4.05. The lowest BCUT2D eigenvalue weighted by molar-refractivity contribution is -0.149. The van der Waals surface area contributed by atoms with Gasteiger partial charge in [-0.1, -0.05) is 18.2 Å². The summed E-state index contributed by atoms with van der Waals surface area (Å²) in [5.74, 6) is -0.359. The minimum Gasteiger partial charge on any atom is -0.481 e. The van der Waals surface area contributed by atoms with Crippen molar-refractivity contribution in [2.75, 3.05) is 18.5 Å². The first-order valence-electron chi connectivity index (χ1n) is 7.94. The highest BCUT2D eigenvalue weighted by molar-refractivity contribution is 5.93. The summed E-state index contributed by atoms with van der Waals surface area (Å²) in [4.78, 5) is 23.7. The zero-order valence-corrected chi connectivity index (χ0v) is 15.2. The number of nitrogens with one attached hydrogen (secondary N) is 1. The third kappa shape index (κ3) is 4.59. The van der Waals surface area contributed by atoms with Crippen LogP contribution in [0.4, 0.5) is 5.69 Å². The molecule has 0 fully saturated rings. The molecule has 0 spiro atoms. The van der Waals surface area contributed by atoms with Gasteiger partial charge >= 0.3 is 5.97 Å². The molecule has 0 aliphatic heterocycles. The summed E-state index contributed by atoms with van der Waals surface area (Å²) in [5, 5.41) is 6.92. The van der Waals surface area contributed by atoms with E-state index < -0.39 is 11.9 Å². The van der Waals surface area contributed by atoms with Crippen molar-refractivity contribution < 1.29 is 19.1 Å². The topological polar surface area (TPSA) is 82.4 Å². The van der Waals surface area contributed by atoms with E-state index in [0.29, 0.717) is 17.1 Å². The highest BCUT2D eigenvalue weighted by atomic mass is 16.6. The number of amides is 1. The minimum atomic E-state index is -0.600. The fourth-order valence-corrected chi connectivity index (χ4v) is 2.48. The highest BCUT2D eigenvalue weighted by Crippen LogP contribution is 2.22. The van der Waals surface area contributed by atoms with Crippen LogP contribution in [0.3, 0.4) is 0 Å². The fourth-order valence-electron chi connectivity index (χ4n) is 2.48. The standard InChI is InChI=1S/C18H23N3O4/c1-11-7-6-8-12(2)18(11)25-10-16(23)24-9-15(22)19-17-13(3)20-21(5)14(17)4/h6-8H,9-10H2,1-5H3,(H,19,22). The number of rotatable bonds is 6. The molecule has 0 saturated heterocycles. The van der Waals surface area contributed by atoms with Gasteiger partial charge in [0.2, 0.25) is 0 Å². The number of benzene rings is 1. The normalized spacial score (nSPS) is 10.4. The number of esters is 1. The predicted octanol–water partition coefficient (Wildman–Crippen LogP) is 2.21. The molecular weight excluding hydrogens is 322 g/mol. The van der Waals surface area contributed by atoms with Crippen molar-refractivity contribution in [1.82, 2.24) is 9.78 Å². The Hall–Kier alpha value is -2.83. The molecule has 0 aliphatic rings. The van der Waals surface area contributed by atoms with Crippen LogP contribution >= 0.6 is 0 Å². The first kappa shape index (κ1) is 18.5. The molecule has 25 heavy (non-hydrogen) atoms. The van der Waals surface area contributed by atoms with E-state index in [2.05, 4.69) is 10.4 Å². The Morgan fingerprint density at radius 3 is 2.32 bits per heavy atom. The number of ether oxygens (including phenoxy) is 2. The van der Waals surface area contributed by atoms with E-state index in [1.807, 2.05) is 39.0 Å².